The Labute approximate surface area is 122 Å². The fourth-order valence-corrected chi connectivity index (χ4v) is 1.52. The van der Waals surface area contributed by atoms with Crippen molar-refractivity contribution in [3.8, 4) is 0 Å². The van der Waals surface area contributed by atoms with Gasteiger partial charge in [-0.25, -0.2) is 9.78 Å². The summed E-state index contributed by atoms with van der Waals surface area (Å²) in [7, 11) is 0. The first-order chi connectivity index (χ1) is 9.23. The Morgan fingerprint density at radius 2 is 2.05 bits per heavy atom. The molecule has 20 heavy (non-hydrogen) atoms. The molecule has 1 heterocycles. The van der Waals surface area contributed by atoms with Crippen LogP contribution >= 0.6 is 11.6 Å². The summed E-state index contributed by atoms with van der Waals surface area (Å²) in [6, 6.07) is 1.35. The van der Waals surface area contributed by atoms with Crippen molar-refractivity contribution in [1.29, 1.82) is 5.41 Å². The third-order valence-corrected chi connectivity index (χ3v) is 2.31. The smallest absolute Gasteiger partial charge is 0.331 e. The molecule has 0 aliphatic rings. The van der Waals surface area contributed by atoms with Crippen molar-refractivity contribution in [2.75, 3.05) is 0 Å². The van der Waals surface area contributed by atoms with Gasteiger partial charge in [0.15, 0.2) is 0 Å². The largest absolute Gasteiger partial charge is 0.457 e. The number of nitrogens with one attached hydrogen (secondary N) is 1. The predicted octanol–water partition coefficient (Wildman–Crippen LogP) is 2.92. The van der Waals surface area contributed by atoms with Crippen LogP contribution in [0, 0.1) is 5.41 Å². The lowest BCUT2D eigenvalue weighted by Crippen LogP contribution is -2.22. The highest BCUT2D eigenvalue weighted by atomic mass is 35.5. The quantitative estimate of drug-likeness (QED) is 0.304. The van der Waals surface area contributed by atoms with Gasteiger partial charge in [0.1, 0.15) is 10.8 Å². The summed E-state index contributed by atoms with van der Waals surface area (Å²) in [5.41, 5.74) is 0.0152. The number of carbonyl (C=O) groups is 2. The number of hydrogen-bond acceptors (Lipinski definition) is 5. The number of ketones is 1. The van der Waals surface area contributed by atoms with Gasteiger partial charge in [0.05, 0.1) is 6.21 Å². The molecule has 0 saturated carbocycles. The second-order valence-corrected chi connectivity index (χ2v) is 5.36. The van der Waals surface area contributed by atoms with E-state index >= 15 is 0 Å². The van der Waals surface area contributed by atoms with E-state index in [1.807, 2.05) is 0 Å². The molecule has 0 unspecified atom stereocenters. The van der Waals surface area contributed by atoms with E-state index in [4.69, 9.17) is 21.7 Å². The maximum absolute atomic E-state index is 11.6. The number of hydrogen-bond donors (Lipinski definition) is 1. The Morgan fingerprint density at radius 3 is 2.60 bits per heavy atom. The van der Waals surface area contributed by atoms with Crippen LogP contribution in [-0.2, 0) is 9.53 Å². The monoisotopic (exact) mass is 294 g/mol. The average Bonchev–Trinajstić information content (AvgIpc) is 2.34. The molecule has 1 N–H and O–H groups in total. The number of nitrogens with zero attached hydrogens (tertiary/aromatic N) is 1. The minimum Gasteiger partial charge on any atom is -0.457 e. The zero-order valence-corrected chi connectivity index (χ0v) is 12.2. The number of carbonyl (C=O) groups excluding carboxylic acids is 2. The minimum atomic E-state index is -0.590. The first kappa shape index (κ1) is 16.0. The van der Waals surface area contributed by atoms with Crippen molar-refractivity contribution >= 4 is 35.6 Å². The zero-order chi connectivity index (χ0) is 15.3. The Balaban J connectivity index is 3.00. The summed E-state index contributed by atoms with van der Waals surface area (Å²) < 4.78 is 5.11. The highest BCUT2D eigenvalue weighted by molar-refractivity contribution is 6.36. The maximum atomic E-state index is 11.6. The molecule has 0 amide bonds. The van der Waals surface area contributed by atoms with Crippen molar-refractivity contribution in [3.63, 3.8) is 0 Å². The van der Waals surface area contributed by atoms with E-state index in [1.54, 1.807) is 20.8 Å². The molecule has 1 aromatic rings. The number of halogens is 1. The summed E-state index contributed by atoms with van der Waals surface area (Å²) in [6.45, 7) is 5.27. The third-order valence-electron chi connectivity index (χ3n) is 2.10. The standard InChI is InChI=1S/C14H15ClN2O3/c1-14(2,3)20-13(19)5-4-9-8-17-12(15)6-10(9)11(18)7-16/h4-8,16H,1-3H3. The Hall–Kier alpha value is -2.01. The van der Waals surface area contributed by atoms with Gasteiger partial charge in [-0.1, -0.05) is 11.6 Å². The molecule has 0 fully saturated rings. The molecule has 5 nitrogen and oxygen atoms in total. The molecule has 1 aromatic heterocycles. The van der Waals surface area contributed by atoms with Crippen molar-refractivity contribution < 1.29 is 14.3 Å². The van der Waals surface area contributed by atoms with Gasteiger partial charge < -0.3 is 10.1 Å². The zero-order valence-electron chi connectivity index (χ0n) is 11.4. The highest BCUT2D eigenvalue weighted by Crippen LogP contribution is 2.15. The molecular weight excluding hydrogens is 280 g/mol. The van der Waals surface area contributed by atoms with Crippen LogP contribution in [0.25, 0.3) is 6.08 Å². The molecule has 0 saturated heterocycles. The number of aromatic nitrogens is 1. The Kier molecular flexibility index (Phi) is 5.16. The lowest BCUT2D eigenvalue weighted by molar-refractivity contribution is -0.148. The van der Waals surface area contributed by atoms with Gasteiger partial charge >= 0.3 is 5.97 Å². The number of ether oxygens (including phenoxy) is 1. The fourth-order valence-electron chi connectivity index (χ4n) is 1.36. The van der Waals surface area contributed by atoms with Gasteiger partial charge in [0, 0.05) is 23.4 Å². The van der Waals surface area contributed by atoms with Crippen LogP contribution in [0.1, 0.15) is 36.7 Å². The van der Waals surface area contributed by atoms with Crippen molar-refractivity contribution in [2.45, 2.75) is 26.4 Å². The van der Waals surface area contributed by atoms with Crippen molar-refractivity contribution in [2.24, 2.45) is 0 Å². The number of Topliss-reactive ketones (excluding diaryl/α,β-unsaturated/α-hetero) is 1. The minimum absolute atomic E-state index is 0.143. The van der Waals surface area contributed by atoms with Gasteiger partial charge in [0.2, 0.25) is 5.78 Å². The van der Waals surface area contributed by atoms with E-state index in [0.29, 0.717) is 11.8 Å². The lowest BCUT2D eigenvalue weighted by Gasteiger charge is -2.17. The predicted molar refractivity (Wildman–Crippen MR) is 77.2 cm³/mol. The van der Waals surface area contributed by atoms with E-state index < -0.39 is 17.4 Å². The summed E-state index contributed by atoms with van der Waals surface area (Å²) >= 11 is 5.71. The first-order valence-corrected chi connectivity index (χ1v) is 6.22. The third kappa shape index (κ3) is 4.93. The molecule has 106 valence electrons. The molecule has 0 aliphatic carbocycles. The summed E-state index contributed by atoms with van der Waals surface area (Å²) in [6.07, 6.45) is 4.65. The topological polar surface area (TPSA) is 80.1 Å². The average molecular weight is 295 g/mol. The second kappa shape index (κ2) is 6.43. The Bertz CT molecular complexity index is 574. The van der Waals surface area contributed by atoms with Crippen LogP contribution in [0.5, 0.6) is 0 Å². The molecule has 0 atom stereocenters. The van der Waals surface area contributed by atoms with E-state index in [-0.39, 0.29) is 10.7 Å². The van der Waals surface area contributed by atoms with Gasteiger partial charge in [-0.05, 0) is 32.9 Å². The van der Waals surface area contributed by atoms with Crippen molar-refractivity contribution in [3.05, 3.63) is 34.6 Å². The van der Waals surface area contributed by atoms with E-state index in [1.165, 1.54) is 24.4 Å². The van der Waals surface area contributed by atoms with Crippen LogP contribution in [0.3, 0.4) is 0 Å². The molecule has 0 aromatic carbocycles. The molecule has 0 radical (unpaired) electrons. The number of esters is 1. The summed E-state index contributed by atoms with van der Waals surface area (Å²) in [4.78, 5) is 27.0. The summed E-state index contributed by atoms with van der Waals surface area (Å²) in [5, 5.41) is 7.14. The lowest BCUT2D eigenvalue weighted by atomic mass is 10.1. The maximum Gasteiger partial charge on any atom is 0.331 e. The summed E-state index contributed by atoms with van der Waals surface area (Å²) in [5.74, 6) is -1.04. The van der Waals surface area contributed by atoms with E-state index in [9.17, 15) is 9.59 Å². The SMILES string of the molecule is CC(C)(C)OC(=O)C=Cc1cnc(Cl)cc1C(=O)C=N. The second-order valence-electron chi connectivity index (χ2n) is 4.97. The van der Waals surface area contributed by atoms with Crippen LogP contribution in [0.4, 0.5) is 0 Å². The van der Waals surface area contributed by atoms with Gasteiger partial charge in [-0.2, -0.15) is 0 Å². The first-order valence-electron chi connectivity index (χ1n) is 5.84. The molecule has 6 heteroatoms. The van der Waals surface area contributed by atoms with E-state index in [2.05, 4.69) is 4.98 Å². The van der Waals surface area contributed by atoms with Crippen LogP contribution in [-0.4, -0.2) is 28.6 Å². The fraction of sp³-hybridized carbons (Fsp3) is 0.286. The van der Waals surface area contributed by atoms with Gasteiger partial charge in [-0.3, -0.25) is 4.79 Å². The van der Waals surface area contributed by atoms with Crippen LogP contribution in [0.2, 0.25) is 5.15 Å². The highest BCUT2D eigenvalue weighted by Gasteiger charge is 2.14. The Morgan fingerprint density at radius 1 is 1.40 bits per heavy atom. The van der Waals surface area contributed by atoms with Crippen molar-refractivity contribution in [1.82, 2.24) is 4.98 Å². The molecule has 1 rings (SSSR count). The van der Waals surface area contributed by atoms with Crippen LogP contribution < -0.4 is 0 Å². The normalized spacial score (nSPS) is 11.4. The van der Waals surface area contributed by atoms with E-state index in [0.717, 1.165) is 0 Å². The number of pyridine rings is 1. The van der Waals surface area contributed by atoms with Crippen LogP contribution in [0.15, 0.2) is 18.3 Å². The van der Waals surface area contributed by atoms with Gasteiger partial charge in [0.25, 0.3) is 0 Å². The molecule has 0 aliphatic heterocycles. The molecular formula is C14H15ClN2O3. The van der Waals surface area contributed by atoms with Gasteiger partial charge in [-0.15, -0.1) is 0 Å². The number of rotatable bonds is 4. The molecule has 0 spiro atoms. The molecule has 0 bridgehead atoms.